The molecule has 16 heteroatoms. The highest BCUT2D eigenvalue weighted by molar-refractivity contribution is 7.53. The first kappa shape index (κ1) is 35.4. The fraction of sp³-hybridized carbons (Fsp3) is 0.294. The first-order valence-corrected chi connectivity index (χ1v) is 19.4. The van der Waals surface area contributed by atoms with Crippen molar-refractivity contribution in [2.75, 3.05) is 18.5 Å². The Bertz CT molecular complexity index is 2030. The Labute approximate surface area is 288 Å². The van der Waals surface area contributed by atoms with Gasteiger partial charge in [-0.2, -0.15) is 4.98 Å². The van der Waals surface area contributed by atoms with E-state index in [2.05, 4.69) is 41.0 Å². The number of hydrogen-bond acceptors (Lipinski definition) is 9. The Morgan fingerprint density at radius 2 is 1.62 bits per heavy atom. The summed E-state index contributed by atoms with van der Waals surface area (Å²) in [5, 5.41) is 12.9. The number of aliphatic hydroxyl groups is 1. The van der Waals surface area contributed by atoms with Gasteiger partial charge in [-0.25, -0.2) is 4.98 Å². The van der Waals surface area contributed by atoms with Crippen LogP contribution in [0, 0.1) is 0 Å². The number of rotatable bonds is 11. The smallest absolute Gasteiger partial charge is 0.359 e. The predicted molar refractivity (Wildman–Crippen MR) is 188 cm³/mol. The van der Waals surface area contributed by atoms with Gasteiger partial charge in [-0.05, 0) is 27.5 Å². The Morgan fingerprint density at radius 3 is 2.18 bits per heavy atom. The normalized spacial score (nSPS) is 19.8. The number of nitrogens with zero attached hydrogens (tertiary/aromatic N) is 3. The maximum absolute atomic E-state index is 13.0. The molecular formula is C34H38N5O9PSi. The summed E-state index contributed by atoms with van der Waals surface area (Å²) in [6.45, 7) is 5.43. The van der Waals surface area contributed by atoms with E-state index < -0.39 is 56.5 Å². The minimum Gasteiger partial charge on any atom is -0.484 e. The highest BCUT2D eigenvalue weighted by Gasteiger charge is 2.61. The molecule has 3 aromatic carbocycles. The number of anilines is 1. The van der Waals surface area contributed by atoms with Crippen molar-refractivity contribution < 1.29 is 38.2 Å². The lowest BCUT2D eigenvalue weighted by Crippen LogP contribution is -2.67. The molecule has 0 unspecified atom stereocenters. The average Bonchev–Trinajstić information content (AvgIpc) is 3.66. The number of H-pyrrole nitrogens is 1. The van der Waals surface area contributed by atoms with E-state index in [-0.39, 0.29) is 30.3 Å². The average molecular weight is 720 g/mol. The van der Waals surface area contributed by atoms with E-state index >= 15 is 0 Å². The summed E-state index contributed by atoms with van der Waals surface area (Å²) in [6.07, 6.45) is -2.06. The van der Waals surface area contributed by atoms with Gasteiger partial charge in [0.15, 0.2) is 23.1 Å². The van der Waals surface area contributed by atoms with Crippen LogP contribution in [0.2, 0.25) is 5.04 Å². The third-order valence-electron chi connectivity index (χ3n) is 8.80. The van der Waals surface area contributed by atoms with Crippen molar-refractivity contribution in [2.45, 2.75) is 49.9 Å². The molecule has 0 spiro atoms. The molecule has 3 atom stereocenters. The van der Waals surface area contributed by atoms with Crippen LogP contribution in [0.25, 0.3) is 11.2 Å². The number of fused-ring (bicyclic) bond motifs is 1. The lowest BCUT2D eigenvalue weighted by Gasteiger charge is -2.44. The van der Waals surface area contributed by atoms with Crippen LogP contribution in [0.3, 0.4) is 0 Å². The number of hydrogen-bond donors (Lipinski definition) is 5. The van der Waals surface area contributed by atoms with Gasteiger partial charge in [0.05, 0.1) is 12.9 Å². The topological polar surface area (TPSA) is 198 Å². The van der Waals surface area contributed by atoms with E-state index in [1.54, 1.807) is 30.3 Å². The molecule has 2 aromatic heterocycles. The van der Waals surface area contributed by atoms with Crippen LogP contribution < -0.4 is 26.0 Å². The van der Waals surface area contributed by atoms with Crippen LogP contribution in [0.4, 0.5) is 5.95 Å². The zero-order chi connectivity index (χ0) is 35.7. The molecule has 1 saturated heterocycles. The molecule has 0 saturated carbocycles. The summed E-state index contributed by atoms with van der Waals surface area (Å²) in [5.41, 5.74) is -0.832. The van der Waals surface area contributed by atoms with Gasteiger partial charge in [-0.1, -0.05) is 99.6 Å². The number of aromatic amines is 1. The van der Waals surface area contributed by atoms with Crippen molar-refractivity contribution in [3.05, 3.63) is 108 Å². The molecule has 0 bridgehead atoms. The van der Waals surface area contributed by atoms with Crippen LogP contribution in [-0.2, 0) is 18.5 Å². The van der Waals surface area contributed by atoms with Crippen LogP contribution >= 0.6 is 7.60 Å². The largest absolute Gasteiger partial charge is 0.484 e. The maximum atomic E-state index is 13.0. The fourth-order valence-corrected chi connectivity index (χ4v) is 11.8. The summed E-state index contributed by atoms with van der Waals surface area (Å²) in [6, 6.07) is 28.0. The van der Waals surface area contributed by atoms with E-state index in [9.17, 15) is 29.0 Å². The van der Waals surface area contributed by atoms with Gasteiger partial charge in [-0.3, -0.25) is 29.0 Å². The first-order chi connectivity index (χ1) is 23.7. The van der Waals surface area contributed by atoms with Crippen LogP contribution in [0.15, 0.2) is 102 Å². The SMILES string of the molecule is CC(C)(C)[Si](OC[C@H]1O[C@@H](n2cnc3c(=O)[nH]c(NC(=O)COc4ccccc4)nc32)C[C@@]1(O)P(=O)(O)O)(c1ccccc1)c1ccccc1. The number of carbonyl (C=O) groups is 1. The molecule has 5 aromatic rings. The van der Waals surface area contributed by atoms with Gasteiger partial charge in [0.1, 0.15) is 18.1 Å². The van der Waals surface area contributed by atoms with Gasteiger partial charge < -0.3 is 28.8 Å². The van der Waals surface area contributed by atoms with Crippen molar-refractivity contribution in [1.29, 1.82) is 0 Å². The van der Waals surface area contributed by atoms with Crippen molar-refractivity contribution in [3.63, 3.8) is 0 Å². The summed E-state index contributed by atoms with van der Waals surface area (Å²) >= 11 is 0. The maximum Gasteiger partial charge on any atom is 0.359 e. The van der Waals surface area contributed by atoms with E-state index in [1.165, 1.54) is 10.9 Å². The number of benzene rings is 3. The Kier molecular flexibility index (Phi) is 9.67. The fourth-order valence-electron chi connectivity index (χ4n) is 6.37. The second-order valence-electron chi connectivity index (χ2n) is 13.1. The third-order valence-corrected chi connectivity index (χ3v) is 15.3. The molecular weight excluding hydrogens is 681 g/mol. The summed E-state index contributed by atoms with van der Waals surface area (Å²) in [5.74, 6) is -0.335. The van der Waals surface area contributed by atoms with Crippen molar-refractivity contribution in [2.24, 2.45) is 0 Å². The van der Waals surface area contributed by atoms with Crippen molar-refractivity contribution in [3.8, 4) is 5.75 Å². The number of nitrogens with one attached hydrogen (secondary N) is 2. The molecule has 1 aliphatic heterocycles. The quantitative estimate of drug-likeness (QED) is 0.0994. The van der Waals surface area contributed by atoms with Gasteiger partial charge in [0, 0.05) is 6.42 Å². The minimum atomic E-state index is -5.25. The zero-order valence-electron chi connectivity index (χ0n) is 27.6. The predicted octanol–water partition coefficient (Wildman–Crippen LogP) is 2.87. The molecule has 1 aliphatic rings. The molecule has 1 fully saturated rings. The second-order valence-corrected chi connectivity index (χ2v) is 19.2. The first-order valence-electron chi connectivity index (χ1n) is 15.9. The molecule has 262 valence electrons. The minimum absolute atomic E-state index is 0.0420. The zero-order valence-corrected chi connectivity index (χ0v) is 29.5. The van der Waals surface area contributed by atoms with E-state index in [1.807, 2.05) is 60.7 Å². The van der Waals surface area contributed by atoms with Gasteiger partial charge >= 0.3 is 7.60 Å². The Balaban J connectivity index is 1.31. The highest BCUT2D eigenvalue weighted by Crippen LogP contribution is 2.59. The number of aromatic nitrogens is 4. The number of ether oxygens (including phenoxy) is 2. The Hall–Kier alpha value is -4.47. The molecule has 6 rings (SSSR count). The lowest BCUT2D eigenvalue weighted by molar-refractivity contribution is -0.118. The van der Waals surface area contributed by atoms with E-state index in [4.69, 9.17) is 13.9 Å². The van der Waals surface area contributed by atoms with Crippen molar-refractivity contribution in [1.82, 2.24) is 19.5 Å². The molecule has 14 nitrogen and oxygen atoms in total. The van der Waals surface area contributed by atoms with Crippen molar-refractivity contribution >= 4 is 49.3 Å². The van der Waals surface area contributed by atoms with Gasteiger partial charge in [0.2, 0.25) is 5.95 Å². The summed E-state index contributed by atoms with van der Waals surface area (Å²) < 4.78 is 32.8. The molecule has 5 N–H and O–H groups in total. The summed E-state index contributed by atoms with van der Waals surface area (Å²) in [7, 11) is -8.45. The third kappa shape index (κ3) is 6.68. The monoisotopic (exact) mass is 719 g/mol. The lowest BCUT2D eigenvalue weighted by atomic mass is 10.2. The molecule has 0 aliphatic carbocycles. The van der Waals surface area contributed by atoms with Gasteiger partial charge in [0.25, 0.3) is 19.8 Å². The number of amides is 1. The Morgan fingerprint density at radius 1 is 1.04 bits per heavy atom. The van der Waals surface area contributed by atoms with E-state index in [0.29, 0.717) is 5.75 Å². The summed E-state index contributed by atoms with van der Waals surface area (Å²) in [4.78, 5) is 57.5. The van der Waals surface area contributed by atoms with Crippen LogP contribution in [0.1, 0.15) is 33.4 Å². The van der Waals surface area contributed by atoms with E-state index in [0.717, 1.165) is 10.4 Å². The second kappa shape index (κ2) is 13.7. The standard InChI is InChI=1S/C34H38N5O9PSi/c1-33(2,3)50(24-15-9-5-10-16-24,25-17-11-6-12-18-25)47-20-26-34(42,49(43,44)45)19-28(48-26)39-22-35-29-30(39)37-32(38-31(29)41)36-27(40)21-46-23-13-7-4-8-14-23/h4-18,22,26,28,42H,19-21H2,1-3H3,(H2,43,44,45)(H2,36,37,38,40,41)/t26-,28-,34-/m1/s1. The highest BCUT2D eigenvalue weighted by atomic mass is 31.2. The molecule has 0 radical (unpaired) electrons. The number of imidazole rings is 1. The van der Waals surface area contributed by atoms with Gasteiger partial charge in [-0.15, -0.1) is 0 Å². The number of carbonyl (C=O) groups excluding carboxylic acids is 1. The van der Waals surface area contributed by atoms with Crippen LogP contribution in [-0.4, -0.2) is 73.3 Å². The molecule has 1 amide bonds. The molecule has 50 heavy (non-hydrogen) atoms. The molecule has 3 heterocycles. The number of para-hydroxylation sites is 1. The van der Waals surface area contributed by atoms with Crippen LogP contribution in [0.5, 0.6) is 5.75 Å².